The van der Waals surface area contributed by atoms with E-state index in [2.05, 4.69) is 22.2 Å². The minimum atomic E-state index is -0.0670. The van der Waals surface area contributed by atoms with Crippen molar-refractivity contribution in [1.82, 2.24) is 9.88 Å². The molecule has 1 N–H and O–H groups in total. The molecule has 2 aromatic rings. The second-order valence-electron chi connectivity index (χ2n) is 6.09. The van der Waals surface area contributed by atoms with E-state index in [0.717, 1.165) is 47.5 Å². The van der Waals surface area contributed by atoms with Crippen LogP contribution in [0.15, 0.2) is 30.6 Å². The van der Waals surface area contributed by atoms with E-state index in [1.807, 2.05) is 38.2 Å². The Bertz CT molecular complexity index is 724. The van der Waals surface area contributed by atoms with E-state index in [1.165, 1.54) is 0 Å². The highest BCUT2D eigenvalue weighted by Gasteiger charge is 2.20. The first-order valence-corrected chi connectivity index (χ1v) is 7.57. The molecule has 0 fully saturated rings. The predicted molar refractivity (Wildman–Crippen MR) is 88.1 cm³/mol. The summed E-state index contributed by atoms with van der Waals surface area (Å²) in [7, 11) is 2.09. The van der Waals surface area contributed by atoms with E-state index in [0.29, 0.717) is 5.56 Å². The Morgan fingerprint density at radius 3 is 2.91 bits per heavy atom. The van der Waals surface area contributed by atoms with E-state index in [4.69, 9.17) is 0 Å². The minimum absolute atomic E-state index is 0.0670. The molecule has 0 atom stereocenters. The number of carbonyl (C=O) groups excluding carboxylic acids is 1. The van der Waals surface area contributed by atoms with Gasteiger partial charge in [-0.05, 0) is 55.6 Å². The smallest absolute Gasteiger partial charge is 0.257 e. The van der Waals surface area contributed by atoms with Gasteiger partial charge in [-0.15, -0.1) is 0 Å². The quantitative estimate of drug-likeness (QED) is 0.926. The molecule has 0 unspecified atom stereocenters. The normalized spacial score (nSPS) is 14.5. The molecule has 1 aromatic heterocycles. The monoisotopic (exact) mass is 295 g/mol. The summed E-state index contributed by atoms with van der Waals surface area (Å²) in [5.41, 5.74) is 6.06. The summed E-state index contributed by atoms with van der Waals surface area (Å²) in [5, 5.41) is 3.04. The van der Waals surface area contributed by atoms with E-state index >= 15 is 0 Å². The molecular formula is C18H21N3O. The van der Waals surface area contributed by atoms with Crippen LogP contribution in [0.2, 0.25) is 0 Å². The second kappa shape index (κ2) is 5.89. The molecule has 0 aliphatic carbocycles. The van der Waals surface area contributed by atoms with E-state index in [9.17, 15) is 4.79 Å². The number of aryl methyl sites for hydroxylation is 2. The maximum absolute atomic E-state index is 12.7. The van der Waals surface area contributed by atoms with E-state index in [-0.39, 0.29) is 5.91 Å². The second-order valence-corrected chi connectivity index (χ2v) is 6.09. The Morgan fingerprint density at radius 2 is 2.09 bits per heavy atom. The standard InChI is InChI=1S/C18H21N3O/c1-12-4-5-13(2)17(8-12)20-18(22)16-10-19-9-14-11-21(3)7-6-15(14)16/h4-5,8-10H,6-7,11H2,1-3H3,(H,20,22). The van der Waals surface area contributed by atoms with Gasteiger partial charge in [-0.1, -0.05) is 12.1 Å². The molecule has 1 aliphatic heterocycles. The van der Waals surface area contributed by atoms with Gasteiger partial charge in [0.1, 0.15) is 0 Å². The van der Waals surface area contributed by atoms with Gasteiger partial charge in [0, 0.05) is 31.2 Å². The first kappa shape index (κ1) is 14.7. The van der Waals surface area contributed by atoms with Crippen LogP contribution in [-0.2, 0) is 13.0 Å². The molecule has 1 amide bonds. The molecule has 4 nitrogen and oxygen atoms in total. The van der Waals surface area contributed by atoms with Crippen LogP contribution in [0.3, 0.4) is 0 Å². The average Bonchev–Trinajstić information content (AvgIpc) is 2.50. The fourth-order valence-corrected chi connectivity index (χ4v) is 2.89. The predicted octanol–water partition coefficient (Wildman–Crippen LogP) is 2.94. The highest BCUT2D eigenvalue weighted by atomic mass is 16.1. The molecular weight excluding hydrogens is 274 g/mol. The number of aromatic nitrogens is 1. The Hall–Kier alpha value is -2.20. The van der Waals surface area contributed by atoms with Gasteiger partial charge in [0.15, 0.2) is 0 Å². The largest absolute Gasteiger partial charge is 0.322 e. The van der Waals surface area contributed by atoms with Crippen LogP contribution in [0.1, 0.15) is 32.6 Å². The van der Waals surface area contributed by atoms with Crippen molar-refractivity contribution in [1.29, 1.82) is 0 Å². The summed E-state index contributed by atoms with van der Waals surface area (Å²) in [5.74, 6) is -0.0670. The van der Waals surface area contributed by atoms with Gasteiger partial charge in [0.2, 0.25) is 0 Å². The van der Waals surface area contributed by atoms with Crippen molar-refractivity contribution in [3.8, 4) is 0 Å². The van der Waals surface area contributed by atoms with Crippen LogP contribution in [-0.4, -0.2) is 29.4 Å². The van der Waals surface area contributed by atoms with Crippen LogP contribution >= 0.6 is 0 Å². The number of anilines is 1. The molecule has 0 saturated carbocycles. The number of amides is 1. The molecule has 4 heteroatoms. The van der Waals surface area contributed by atoms with Crippen LogP contribution in [0.4, 0.5) is 5.69 Å². The van der Waals surface area contributed by atoms with Crippen molar-refractivity contribution < 1.29 is 4.79 Å². The number of pyridine rings is 1. The van der Waals surface area contributed by atoms with Gasteiger partial charge < -0.3 is 10.2 Å². The summed E-state index contributed by atoms with van der Waals surface area (Å²) < 4.78 is 0. The van der Waals surface area contributed by atoms with Crippen LogP contribution < -0.4 is 5.32 Å². The van der Waals surface area contributed by atoms with Gasteiger partial charge in [-0.3, -0.25) is 9.78 Å². The number of hydrogen-bond acceptors (Lipinski definition) is 3. The number of nitrogens with zero attached hydrogens (tertiary/aromatic N) is 2. The number of rotatable bonds is 2. The van der Waals surface area contributed by atoms with E-state index < -0.39 is 0 Å². The van der Waals surface area contributed by atoms with Crippen LogP contribution in [0.25, 0.3) is 0 Å². The molecule has 3 rings (SSSR count). The maximum Gasteiger partial charge on any atom is 0.257 e. The van der Waals surface area contributed by atoms with Crippen molar-refractivity contribution in [2.75, 3.05) is 18.9 Å². The molecule has 2 heterocycles. The molecule has 1 aliphatic rings. The summed E-state index contributed by atoms with van der Waals surface area (Å²) in [6.07, 6.45) is 4.45. The number of carbonyl (C=O) groups is 1. The first-order valence-electron chi connectivity index (χ1n) is 7.57. The summed E-state index contributed by atoms with van der Waals surface area (Å²) in [6, 6.07) is 6.08. The molecule has 0 saturated heterocycles. The Balaban J connectivity index is 1.90. The van der Waals surface area contributed by atoms with Crippen molar-refractivity contribution in [2.45, 2.75) is 26.8 Å². The molecule has 0 radical (unpaired) electrons. The molecule has 0 spiro atoms. The van der Waals surface area contributed by atoms with Crippen molar-refractivity contribution in [2.24, 2.45) is 0 Å². The number of nitrogens with one attached hydrogen (secondary N) is 1. The van der Waals surface area contributed by atoms with Gasteiger partial charge in [-0.2, -0.15) is 0 Å². The van der Waals surface area contributed by atoms with Gasteiger partial charge in [0.25, 0.3) is 5.91 Å². The molecule has 22 heavy (non-hydrogen) atoms. The molecule has 0 bridgehead atoms. The van der Waals surface area contributed by atoms with E-state index in [1.54, 1.807) is 6.20 Å². The zero-order valence-electron chi connectivity index (χ0n) is 13.3. The lowest BCUT2D eigenvalue weighted by atomic mass is 9.97. The first-order chi connectivity index (χ1) is 10.5. The third-order valence-electron chi connectivity index (χ3n) is 4.22. The number of benzene rings is 1. The van der Waals surface area contributed by atoms with Crippen LogP contribution in [0.5, 0.6) is 0 Å². The van der Waals surface area contributed by atoms with Crippen LogP contribution in [0, 0.1) is 13.8 Å². The lowest BCUT2D eigenvalue weighted by molar-refractivity contribution is 0.102. The molecule has 114 valence electrons. The Kier molecular flexibility index (Phi) is 3.94. The SMILES string of the molecule is Cc1ccc(C)c(NC(=O)c2cncc3c2CCN(C)C3)c1. The van der Waals surface area contributed by atoms with Gasteiger partial charge in [0.05, 0.1) is 5.56 Å². The number of fused-ring (bicyclic) bond motifs is 1. The number of hydrogen-bond donors (Lipinski definition) is 1. The third kappa shape index (κ3) is 2.88. The van der Waals surface area contributed by atoms with Crippen molar-refractivity contribution >= 4 is 11.6 Å². The number of likely N-dealkylation sites (N-methyl/N-ethyl adjacent to an activating group) is 1. The summed E-state index contributed by atoms with van der Waals surface area (Å²) in [6.45, 7) is 5.85. The van der Waals surface area contributed by atoms with Crippen molar-refractivity contribution in [3.63, 3.8) is 0 Å². The minimum Gasteiger partial charge on any atom is -0.322 e. The maximum atomic E-state index is 12.7. The fraction of sp³-hybridized carbons (Fsp3) is 0.333. The zero-order chi connectivity index (χ0) is 15.7. The lowest BCUT2D eigenvalue weighted by Crippen LogP contribution is -2.29. The highest BCUT2D eigenvalue weighted by molar-refractivity contribution is 6.05. The fourth-order valence-electron chi connectivity index (χ4n) is 2.89. The summed E-state index contributed by atoms with van der Waals surface area (Å²) >= 11 is 0. The van der Waals surface area contributed by atoms with Gasteiger partial charge in [-0.25, -0.2) is 0 Å². The van der Waals surface area contributed by atoms with Crippen molar-refractivity contribution in [3.05, 3.63) is 58.4 Å². The zero-order valence-corrected chi connectivity index (χ0v) is 13.3. The summed E-state index contributed by atoms with van der Waals surface area (Å²) in [4.78, 5) is 19.2. The Morgan fingerprint density at radius 1 is 1.27 bits per heavy atom. The lowest BCUT2D eigenvalue weighted by Gasteiger charge is -2.26. The Labute approximate surface area is 131 Å². The highest BCUT2D eigenvalue weighted by Crippen LogP contribution is 2.23. The molecule has 1 aromatic carbocycles. The third-order valence-corrected chi connectivity index (χ3v) is 4.22. The average molecular weight is 295 g/mol. The topological polar surface area (TPSA) is 45.2 Å². The van der Waals surface area contributed by atoms with Gasteiger partial charge >= 0.3 is 0 Å².